The van der Waals surface area contributed by atoms with Crippen LogP contribution in [-0.4, -0.2) is 80.8 Å². The molecule has 2 N–H and O–H groups in total. The van der Waals surface area contributed by atoms with Crippen molar-refractivity contribution >= 4 is 21.4 Å². The van der Waals surface area contributed by atoms with E-state index in [0.717, 1.165) is 32.4 Å². The van der Waals surface area contributed by atoms with Crippen molar-refractivity contribution in [1.82, 2.24) is 10.2 Å². The molecule has 1 aromatic carbocycles. The lowest BCUT2D eigenvalue weighted by atomic mass is 9.33. The molecule has 0 bridgehead atoms. The van der Waals surface area contributed by atoms with Gasteiger partial charge in [-0.3, -0.25) is 0 Å². The molecule has 1 aliphatic heterocycles. The van der Waals surface area contributed by atoms with Crippen LogP contribution in [0.1, 0.15) is 115 Å². The van der Waals surface area contributed by atoms with Crippen LogP contribution in [0.15, 0.2) is 30.3 Å². The number of aliphatic hydroxyl groups is 1. The van der Waals surface area contributed by atoms with Crippen LogP contribution in [0.2, 0.25) is 0 Å². The number of sulfone groups is 1. The van der Waals surface area contributed by atoms with Crippen molar-refractivity contribution in [2.24, 2.45) is 51.2 Å². The first-order valence-electron chi connectivity index (χ1n) is 19.8. The number of rotatable bonds is 7. The summed E-state index contributed by atoms with van der Waals surface area (Å²) in [4.78, 5) is 14.5. The van der Waals surface area contributed by atoms with E-state index in [2.05, 4.69) is 63.0 Å². The van der Waals surface area contributed by atoms with E-state index in [9.17, 15) is 18.3 Å². The van der Waals surface area contributed by atoms with E-state index < -0.39 is 9.84 Å². The quantitative estimate of drug-likeness (QED) is 0.295. The van der Waals surface area contributed by atoms with Crippen LogP contribution in [-0.2, 0) is 14.6 Å². The van der Waals surface area contributed by atoms with Gasteiger partial charge in [0.1, 0.15) is 0 Å². The Labute approximate surface area is 302 Å². The molecule has 4 saturated carbocycles. The maximum atomic E-state index is 12.1. The molecule has 7 rings (SSSR count). The Morgan fingerprint density at radius 3 is 2.30 bits per heavy atom. The summed E-state index contributed by atoms with van der Waals surface area (Å²) < 4.78 is 29.0. The molecular formula is C42H64N2O5S. The number of esters is 1. The Morgan fingerprint density at radius 1 is 0.940 bits per heavy atom. The lowest BCUT2D eigenvalue weighted by Gasteiger charge is -2.72. The van der Waals surface area contributed by atoms with Gasteiger partial charge in [0.15, 0.2) is 9.84 Å². The largest absolute Gasteiger partial charge is 0.465 e. The summed E-state index contributed by atoms with van der Waals surface area (Å²) in [5, 5.41) is 15.4. The van der Waals surface area contributed by atoms with Crippen molar-refractivity contribution in [2.75, 3.05) is 44.8 Å². The summed E-state index contributed by atoms with van der Waals surface area (Å²) in [7, 11) is -1.44. The second-order valence-corrected chi connectivity index (χ2v) is 21.1. The summed E-state index contributed by atoms with van der Waals surface area (Å²) in [6.45, 7) is 18.0. The highest BCUT2D eigenvalue weighted by molar-refractivity contribution is 7.91. The molecule has 7 nitrogen and oxygen atoms in total. The van der Waals surface area contributed by atoms with Gasteiger partial charge in [-0.25, -0.2) is 13.2 Å². The second-order valence-electron chi connectivity index (χ2n) is 18.8. The van der Waals surface area contributed by atoms with E-state index >= 15 is 0 Å². The van der Waals surface area contributed by atoms with Crippen molar-refractivity contribution in [3.8, 4) is 0 Å². The first kappa shape index (κ1) is 36.6. The van der Waals surface area contributed by atoms with Crippen LogP contribution in [0.25, 0.3) is 5.57 Å². The fourth-order valence-corrected chi connectivity index (χ4v) is 15.2. The molecule has 1 heterocycles. The third kappa shape index (κ3) is 5.58. The van der Waals surface area contributed by atoms with Crippen molar-refractivity contribution in [1.29, 1.82) is 0 Å². The molecule has 5 fully saturated rings. The van der Waals surface area contributed by atoms with Crippen LogP contribution < -0.4 is 5.32 Å². The van der Waals surface area contributed by atoms with Crippen molar-refractivity contribution < 1.29 is 23.1 Å². The molecule has 1 aromatic rings. The number of hydrogen-bond donors (Lipinski definition) is 2. The predicted octanol–water partition coefficient (Wildman–Crippen LogP) is 7.00. The van der Waals surface area contributed by atoms with E-state index in [-0.39, 0.29) is 50.8 Å². The third-order valence-electron chi connectivity index (χ3n) is 16.6. The molecule has 0 aromatic heterocycles. The number of aliphatic hydroxyl groups excluding tert-OH is 1. The number of nitrogens with zero attached hydrogens (tertiary/aromatic N) is 1. The first-order valence-corrected chi connectivity index (χ1v) is 21.6. The van der Waals surface area contributed by atoms with Gasteiger partial charge in [0.05, 0.1) is 30.3 Å². The Morgan fingerprint density at radius 2 is 1.64 bits per heavy atom. The number of allylic oxidation sites excluding steroid dienone is 2. The van der Waals surface area contributed by atoms with Crippen molar-refractivity contribution in [3.63, 3.8) is 0 Å². The number of benzene rings is 1. The zero-order chi connectivity index (χ0) is 35.9. The second kappa shape index (κ2) is 12.7. The summed E-state index contributed by atoms with van der Waals surface area (Å²) in [6, 6.07) is 8.05. The number of hydrogen-bond acceptors (Lipinski definition) is 7. The summed E-state index contributed by atoms with van der Waals surface area (Å²) in [5.41, 5.74) is 4.00. The zero-order valence-corrected chi connectivity index (χ0v) is 32.7. The Kier molecular flexibility index (Phi) is 9.29. The highest BCUT2D eigenvalue weighted by atomic mass is 32.2. The van der Waals surface area contributed by atoms with Crippen molar-refractivity contribution in [3.05, 3.63) is 41.5 Å². The van der Waals surface area contributed by atoms with Gasteiger partial charge in [-0.1, -0.05) is 52.8 Å². The highest BCUT2D eigenvalue weighted by Crippen LogP contribution is 2.76. The molecular weight excluding hydrogens is 645 g/mol. The number of fused-ring (bicyclic) bond motifs is 7. The Balaban J connectivity index is 1.14. The standard InChI is InChI=1S/C42H64N2O5S/c1-28(45)31-14-19-42(43-22-23-44-24-26-50(47,48)27-25-44)21-20-40(5)33(36(31)42)12-13-35-39(4)17-15-32(29-8-10-30(11-9-29)37(46)49-7)38(2,3)34(39)16-18-41(35,40)6/h8-11,15,28,31,33-36,43,45H,12-14,16-27H2,1-7H3/t28-,31+,33-,34+,35-,36-,39+,40-,41-,42+/m1/s1. The summed E-state index contributed by atoms with van der Waals surface area (Å²) >= 11 is 0. The minimum absolute atomic E-state index is 0.0198. The van der Waals surface area contributed by atoms with Crippen LogP contribution >= 0.6 is 0 Å². The monoisotopic (exact) mass is 708 g/mol. The topological polar surface area (TPSA) is 95.9 Å². The van der Waals surface area contributed by atoms with E-state index in [4.69, 9.17) is 4.74 Å². The fourth-order valence-electron chi connectivity index (χ4n) is 13.9. The molecule has 0 radical (unpaired) electrons. The van der Waals surface area contributed by atoms with Gasteiger partial charge in [0, 0.05) is 31.7 Å². The smallest absolute Gasteiger partial charge is 0.337 e. The zero-order valence-electron chi connectivity index (χ0n) is 31.9. The van der Waals surface area contributed by atoms with E-state index in [1.165, 1.54) is 56.8 Å². The highest BCUT2D eigenvalue weighted by Gasteiger charge is 2.70. The lowest BCUT2D eigenvalue weighted by molar-refractivity contribution is -0.222. The predicted molar refractivity (Wildman–Crippen MR) is 200 cm³/mol. The molecule has 50 heavy (non-hydrogen) atoms. The minimum atomic E-state index is -2.88. The molecule has 0 spiro atoms. The van der Waals surface area contributed by atoms with Gasteiger partial charge in [0.2, 0.25) is 0 Å². The number of ether oxygens (including phenoxy) is 1. The molecule has 1 saturated heterocycles. The number of carbonyl (C=O) groups excluding carboxylic acids is 1. The van der Waals surface area contributed by atoms with Gasteiger partial charge in [0.25, 0.3) is 0 Å². The molecule has 6 aliphatic rings. The number of carbonyl (C=O) groups is 1. The van der Waals surface area contributed by atoms with E-state index in [0.29, 0.717) is 48.2 Å². The van der Waals surface area contributed by atoms with Crippen LogP contribution in [0.3, 0.4) is 0 Å². The minimum Gasteiger partial charge on any atom is -0.465 e. The summed E-state index contributed by atoms with van der Waals surface area (Å²) in [5.74, 6) is 2.88. The van der Waals surface area contributed by atoms with Gasteiger partial charge in [-0.2, -0.15) is 0 Å². The fraction of sp³-hybridized carbons (Fsp3) is 0.786. The lowest BCUT2D eigenvalue weighted by Crippen LogP contribution is -2.68. The summed E-state index contributed by atoms with van der Waals surface area (Å²) in [6.07, 6.45) is 13.0. The van der Waals surface area contributed by atoms with Crippen LogP contribution in [0, 0.1) is 51.2 Å². The Hall–Kier alpha value is -1.74. The molecule has 5 aliphatic carbocycles. The molecule has 8 heteroatoms. The normalized spacial score (nSPS) is 42.6. The number of methoxy groups -OCH3 is 1. The van der Waals surface area contributed by atoms with E-state index in [1.54, 1.807) is 0 Å². The van der Waals surface area contributed by atoms with Gasteiger partial charge in [-0.15, -0.1) is 0 Å². The average molecular weight is 709 g/mol. The molecule has 0 unspecified atom stereocenters. The van der Waals surface area contributed by atoms with Crippen molar-refractivity contribution in [2.45, 2.75) is 111 Å². The molecule has 10 atom stereocenters. The number of nitrogens with one attached hydrogen (secondary N) is 1. The first-order chi connectivity index (χ1) is 23.5. The Bertz CT molecular complexity index is 1590. The van der Waals surface area contributed by atoms with E-state index in [1.807, 2.05) is 19.1 Å². The maximum absolute atomic E-state index is 12.1. The van der Waals surface area contributed by atoms with Gasteiger partial charge < -0.3 is 20.1 Å². The molecule has 278 valence electrons. The van der Waals surface area contributed by atoms with Crippen LogP contribution in [0.4, 0.5) is 0 Å². The average Bonchev–Trinajstić information content (AvgIpc) is 3.45. The van der Waals surface area contributed by atoms with Gasteiger partial charge in [-0.05, 0) is 139 Å². The van der Waals surface area contributed by atoms with Gasteiger partial charge >= 0.3 is 5.97 Å². The van der Waals surface area contributed by atoms with Crippen LogP contribution in [0.5, 0.6) is 0 Å². The third-order valence-corrected chi connectivity index (χ3v) is 18.2. The molecule has 0 amide bonds. The SMILES string of the molecule is COC(=O)c1ccc(C2=CC[C@]3(C)[C@H]4CC[C@@H]5[C@H]6[C@H]([C@@H](C)O)CC[C@]6(NCCN6CCS(=O)(=O)CC6)CC[C@@]5(C)[C@]4(C)CC[C@H]3C2(C)C)cc1. The maximum Gasteiger partial charge on any atom is 0.337 e.